The van der Waals surface area contributed by atoms with Gasteiger partial charge in [0.05, 0.1) is 6.10 Å². The third-order valence-electron chi connectivity index (χ3n) is 4.08. The normalized spacial score (nSPS) is 14.0. The van der Waals surface area contributed by atoms with Crippen molar-refractivity contribution in [2.75, 3.05) is 5.32 Å². The summed E-state index contributed by atoms with van der Waals surface area (Å²) in [6.07, 6.45) is 3.88. The molecule has 0 unspecified atom stereocenters. The van der Waals surface area contributed by atoms with Crippen LogP contribution in [0.5, 0.6) is 5.75 Å². The summed E-state index contributed by atoms with van der Waals surface area (Å²) in [6.45, 7) is 4.00. The molecule has 1 N–H and O–H groups in total. The standard InChI is InChI=1S/C19H20N4O2/c1-12(2)25-15-9-7-13(8-10-15)16-4-3-11-23-17(16)20-19(22-23)21-18(24)14-5-6-14/h3-4,7-12,14H,5-6H2,1-2H3,(H,21,22,24). The number of carbonyl (C=O) groups is 1. The Morgan fingerprint density at radius 3 is 2.68 bits per heavy atom. The van der Waals surface area contributed by atoms with Crippen LogP contribution in [0.1, 0.15) is 26.7 Å². The number of ether oxygens (including phenoxy) is 1. The van der Waals surface area contributed by atoms with E-state index >= 15 is 0 Å². The Morgan fingerprint density at radius 2 is 2.00 bits per heavy atom. The third kappa shape index (κ3) is 3.33. The van der Waals surface area contributed by atoms with E-state index in [1.807, 2.05) is 56.4 Å². The molecule has 1 aliphatic rings. The molecule has 0 aliphatic heterocycles. The Morgan fingerprint density at radius 1 is 1.24 bits per heavy atom. The Kier molecular flexibility index (Phi) is 3.87. The molecule has 1 aliphatic carbocycles. The lowest BCUT2D eigenvalue weighted by molar-refractivity contribution is -0.117. The molecule has 1 aromatic carbocycles. The quantitative estimate of drug-likeness (QED) is 0.774. The highest BCUT2D eigenvalue weighted by Crippen LogP contribution is 2.30. The predicted molar refractivity (Wildman–Crippen MR) is 95.5 cm³/mol. The van der Waals surface area contributed by atoms with Gasteiger partial charge in [0.2, 0.25) is 11.9 Å². The van der Waals surface area contributed by atoms with Gasteiger partial charge in [-0.3, -0.25) is 10.1 Å². The average Bonchev–Trinajstić information content (AvgIpc) is 3.35. The van der Waals surface area contributed by atoms with Crippen LogP contribution >= 0.6 is 0 Å². The van der Waals surface area contributed by atoms with Gasteiger partial charge in [-0.25, -0.2) is 4.52 Å². The van der Waals surface area contributed by atoms with Crippen LogP contribution in [0.2, 0.25) is 0 Å². The van der Waals surface area contributed by atoms with Crippen LogP contribution in [0.15, 0.2) is 42.6 Å². The van der Waals surface area contributed by atoms with E-state index in [2.05, 4.69) is 15.4 Å². The predicted octanol–water partition coefficient (Wildman–Crippen LogP) is 3.53. The number of anilines is 1. The van der Waals surface area contributed by atoms with Crippen molar-refractivity contribution in [3.63, 3.8) is 0 Å². The summed E-state index contributed by atoms with van der Waals surface area (Å²) in [5.74, 6) is 1.32. The Hall–Kier alpha value is -2.89. The van der Waals surface area contributed by atoms with Crippen molar-refractivity contribution in [2.45, 2.75) is 32.8 Å². The fourth-order valence-electron chi connectivity index (χ4n) is 2.73. The molecular weight excluding hydrogens is 316 g/mol. The van der Waals surface area contributed by atoms with Crippen LogP contribution in [0.25, 0.3) is 16.8 Å². The van der Waals surface area contributed by atoms with Gasteiger partial charge in [0.1, 0.15) is 5.75 Å². The molecule has 2 aromatic heterocycles. The summed E-state index contributed by atoms with van der Waals surface area (Å²) >= 11 is 0. The summed E-state index contributed by atoms with van der Waals surface area (Å²) < 4.78 is 7.38. The zero-order valence-electron chi connectivity index (χ0n) is 14.3. The van der Waals surface area contributed by atoms with Crippen LogP contribution in [0.3, 0.4) is 0 Å². The number of amides is 1. The zero-order valence-corrected chi connectivity index (χ0v) is 14.3. The number of carbonyl (C=O) groups excluding carboxylic acids is 1. The molecule has 4 rings (SSSR count). The summed E-state index contributed by atoms with van der Waals surface area (Å²) in [5, 5.41) is 7.16. The molecule has 1 saturated carbocycles. The van der Waals surface area contributed by atoms with Crippen LogP contribution in [-0.2, 0) is 4.79 Å². The van der Waals surface area contributed by atoms with Crippen LogP contribution < -0.4 is 10.1 Å². The van der Waals surface area contributed by atoms with E-state index in [9.17, 15) is 4.79 Å². The highest BCUT2D eigenvalue weighted by atomic mass is 16.5. The lowest BCUT2D eigenvalue weighted by Crippen LogP contribution is -2.14. The van der Waals surface area contributed by atoms with Gasteiger partial charge >= 0.3 is 0 Å². The van der Waals surface area contributed by atoms with Crippen molar-refractivity contribution in [3.05, 3.63) is 42.6 Å². The number of hydrogen-bond donors (Lipinski definition) is 1. The number of nitrogens with zero attached hydrogens (tertiary/aromatic N) is 3. The van der Waals surface area contributed by atoms with E-state index in [-0.39, 0.29) is 17.9 Å². The van der Waals surface area contributed by atoms with Crippen molar-refractivity contribution in [1.29, 1.82) is 0 Å². The molecule has 1 amide bonds. The molecule has 1 fully saturated rings. The SMILES string of the molecule is CC(C)Oc1ccc(-c2cccn3nc(NC(=O)C4CC4)nc23)cc1. The van der Waals surface area contributed by atoms with E-state index in [0.717, 1.165) is 29.7 Å². The summed E-state index contributed by atoms with van der Waals surface area (Å²) in [6, 6.07) is 11.8. The molecule has 3 aromatic rings. The first kappa shape index (κ1) is 15.6. The monoisotopic (exact) mass is 336 g/mol. The molecule has 25 heavy (non-hydrogen) atoms. The molecule has 0 bridgehead atoms. The lowest BCUT2D eigenvalue weighted by atomic mass is 10.1. The number of aromatic nitrogens is 3. The topological polar surface area (TPSA) is 68.5 Å². The highest BCUT2D eigenvalue weighted by molar-refractivity contribution is 5.93. The first-order valence-corrected chi connectivity index (χ1v) is 8.53. The molecule has 128 valence electrons. The largest absolute Gasteiger partial charge is 0.491 e. The minimum absolute atomic E-state index is 0.00708. The first-order valence-electron chi connectivity index (χ1n) is 8.53. The van der Waals surface area contributed by atoms with Crippen molar-refractivity contribution in [3.8, 4) is 16.9 Å². The average molecular weight is 336 g/mol. The van der Waals surface area contributed by atoms with Gasteiger partial charge in [0.15, 0.2) is 5.65 Å². The molecule has 0 radical (unpaired) electrons. The number of benzene rings is 1. The molecule has 6 heteroatoms. The van der Waals surface area contributed by atoms with E-state index < -0.39 is 0 Å². The van der Waals surface area contributed by atoms with Crippen molar-refractivity contribution in [1.82, 2.24) is 14.6 Å². The molecule has 6 nitrogen and oxygen atoms in total. The number of pyridine rings is 1. The number of fused-ring (bicyclic) bond motifs is 1. The van der Waals surface area contributed by atoms with Gasteiger partial charge < -0.3 is 4.74 Å². The summed E-state index contributed by atoms with van der Waals surface area (Å²) in [4.78, 5) is 16.4. The maximum atomic E-state index is 11.9. The van der Waals surface area contributed by atoms with Crippen molar-refractivity contribution >= 4 is 17.5 Å². The fraction of sp³-hybridized carbons (Fsp3) is 0.316. The molecule has 0 spiro atoms. The second kappa shape index (κ2) is 6.20. The van der Waals surface area contributed by atoms with Crippen LogP contribution in [0.4, 0.5) is 5.95 Å². The van der Waals surface area contributed by atoms with Gasteiger partial charge in [-0.1, -0.05) is 12.1 Å². The van der Waals surface area contributed by atoms with Crippen molar-refractivity contribution in [2.24, 2.45) is 5.92 Å². The summed E-state index contributed by atoms with van der Waals surface area (Å²) in [7, 11) is 0. The zero-order chi connectivity index (χ0) is 17.4. The maximum absolute atomic E-state index is 11.9. The van der Waals surface area contributed by atoms with Gasteiger partial charge in [-0.05, 0) is 56.5 Å². The smallest absolute Gasteiger partial charge is 0.249 e. The third-order valence-corrected chi connectivity index (χ3v) is 4.08. The van der Waals surface area contributed by atoms with Crippen LogP contribution in [0, 0.1) is 5.92 Å². The summed E-state index contributed by atoms with van der Waals surface area (Å²) in [5.41, 5.74) is 2.69. The maximum Gasteiger partial charge on any atom is 0.249 e. The van der Waals surface area contributed by atoms with Crippen molar-refractivity contribution < 1.29 is 9.53 Å². The van der Waals surface area contributed by atoms with E-state index in [4.69, 9.17) is 4.74 Å². The Bertz CT molecular complexity index is 911. The lowest BCUT2D eigenvalue weighted by Gasteiger charge is -2.10. The molecule has 2 heterocycles. The number of rotatable bonds is 5. The van der Waals surface area contributed by atoms with E-state index in [1.54, 1.807) is 4.52 Å². The van der Waals surface area contributed by atoms with E-state index in [0.29, 0.717) is 11.6 Å². The molecule has 0 saturated heterocycles. The minimum Gasteiger partial charge on any atom is -0.491 e. The first-order chi connectivity index (χ1) is 12.1. The van der Waals surface area contributed by atoms with Gasteiger partial charge in [0.25, 0.3) is 0 Å². The van der Waals surface area contributed by atoms with Crippen LogP contribution in [-0.4, -0.2) is 26.6 Å². The minimum atomic E-state index is 0.00708. The van der Waals surface area contributed by atoms with E-state index in [1.165, 1.54) is 0 Å². The highest BCUT2D eigenvalue weighted by Gasteiger charge is 2.30. The molecular formula is C19H20N4O2. The fourth-order valence-corrected chi connectivity index (χ4v) is 2.73. The molecule has 0 atom stereocenters. The van der Waals surface area contributed by atoms with Gasteiger partial charge in [0, 0.05) is 17.7 Å². The Labute approximate surface area is 145 Å². The number of nitrogens with one attached hydrogen (secondary N) is 1. The van der Waals surface area contributed by atoms with Gasteiger partial charge in [-0.2, -0.15) is 4.98 Å². The number of hydrogen-bond acceptors (Lipinski definition) is 4. The second-order valence-electron chi connectivity index (χ2n) is 6.58. The second-order valence-corrected chi connectivity index (χ2v) is 6.58. The van der Waals surface area contributed by atoms with Gasteiger partial charge in [-0.15, -0.1) is 5.10 Å². The Balaban J connectivity index is 1.64.